The Bertz CT molecular complexity index is 929. The number of rotatable bonds is 11. The summed E-state index contributed by atoms with van der Waals surface area (Å²) in [5.74, 6) is -0.0964. The number of unbranched alkanes of at least 4 members (excludes halogenated alkanes) is 2. The van der Waals surface area contributed by atoms with Crippen molar-refractivity contribution in [2.45, 2.75) is 58.2 Å². The van der Waals surface area contributed by atoms with E-state index >= 15 is 0 Å². The zero-order valence-electron chi connectivity index (χ0n) is 20.8. The first-order valence-corrected chi connectivity index (χ1v) is 14.3. The standard InChI is InChI=1S/C27H37NO4Si/c1-27(2,3)33(5,6)32-25(26(29)30-4)15-11-8-12-20-31-28-21-22-16-18-24(19-17-22)23-13-9-7-10-14-23/h7,9-10,13-19,21H,8,11-12,20H2,1-6H3/b25-15-,28-21+. The Balaban J connectivity index is 1.75. The molecule has 0 heterocycles. The lowest BCUT2D eigenvalue weighted by atomic mass is 10.0. The average Bonchev–Trinajstić information content (AvgIpc) is 2.79. The van der Waals surface area contributed by atoms with E-state index in [9.17, 15) is 4.79 Å². The molecule has 0 spiro atoms. The molecular weight excluding hydrogens is 430 g/mol. The highest BCUT2D eigenvalue weighted by Crippen LogP contribution is 2.38. The maximum Gasteiger partial charge on any atom is 0.371 e. The first-order chi connectivity index (χ1) is 15.6. The van der Waals surface area contributed by atoms with Gasteiger partial charge in [0.25, 0.3) is 8.32 Å². The SMILES string of the molecule is COC(=O)/C(=C/CCCCO/N=C/c1ccc(-c2ccccc2)cc1)O[Si](C)(C)C(C)(C)C. The van der Waals surface area contributed by atoms with Crippen LogP contribution in [0, 0.1) is 0 Å². The first-order valence-electron chi connectivity index (χ1n) is 11.4. The Hall–Kier alpha value is -2.86. The van der Waals surface area contributed by atoms with Gasteiger partial charge in [-0.25, -0.2) is 4.79 Å². The van der Waals surface area contributed by atoms with Crippen molar-refractivity contribution in [1.29, 1.82) is 0 Å². The lowest BCUT2D eigenvalue weighted by Crippen LogP contribution is -2.41. The molecule has 2 aromatic carbocycles. The lowest BCUT2D eigenvalue weighted by molar-refractivity contribution is -0.138. The maximum absolute atomic E-state index is 12.1. The van der Waals surface area contributed by atoms with Gasteiger partial charge >= 0.3 is 5.97 Å². The third-order valence-corrected chi connectivity index (χ3v) is 10.2. The number of benzene rings is 2. The largest absolute Gasteiger partial charge is 0.539 e. The monoisotopic (exact) mass is 467 g/mol. The van der Waals surface area contributed by atoms with Crippen molar-refractivity contribution in [3.05, 3.63) is 72.0 Å². The van der Waals surface area contributed by atoms with E-state index in [1.807, 2.05) is 36.4 Å². The van der Waals surface area contributed by atoms with E-state index < -0.39 is 14.3 Å². The van der Waals surface area contributed by atoms with E-state index in [-0.39, 0.29) is 5.04 Å². The first kappa shape index (κ1) is 26.4. The van der Waals surface area contributed by atoms with Crippen molar-refractivity contribution >= 4 is 20.5 Å². The van der Waals surface area contributed by atoms with E-state index in [4.69, 9.17) is 14.0 Å². The summed E-state index contributed by atoms with van der Waals surface area (Å²) >= 11 is 0. The van der Waals surface area contributed by atoms with Crippen molar-refractivity contribution in [2.24, 2.45) is 5.16 Å². The van der Waals surface area contributed by atoms with E-state index in [1.54, 1.807) is 6.21 Å². The molecule has 0 saturated carbocycles. The fourth-order valence-corrected chi connectivity index (χ4v) is 3.81. The minimum absolute atomic E-state index is 0.00776. The molecule has 33 heavy (non-hydrogen) atoms. The summed E-state index contributed by atoms with van der Waals surface area (Å²) in [5.41, 5.74) is 3.35. The number of allylic oxidation sites excluding steroid dienone is 1. The molecule has 178 valence electrons. The molecule has 0 saturated heterocycles. The minimum atomic E-state index is -2.10. The lowest BCUT2D eigenvalue weighted by Gasteiger charge is -2.36. The Morgan fingerprint density at radius 2 is 1.61 bits per heavy atom. The molecule has 0 aliphatic heterocycles. The Morgan fingerprint density at radius 1 is 0.970 bits per heavy atom. The summed E-state index contributed by atoms with van der Waals surface area (Å²) in [5, 5.41) is 4.07. The van der Waals surface area contributed by atoms with Gasteiger partial charge in [-0.3, -0.25) is 0 Å². The molecule has 0 unspecified atom stereocenters. The van der Waals surface area contributed by atoms with Crippen LogP contribution in [0.2, 0.25) is 18.1 Å². The highest BCUT2D eigenvalue weighted by atomic mass is 28.4. The van der Waals surface area contributed by atoms with Crippen LogP contribution in [-0.4, -0.2) is 34.2 Å². The van der Waals surface area contributed by atoms with Crippen molar-refractivity contribution < 1.29 is 18.8 Å². The molecule has 0 radical (unpaired) electrons. The van der Waals surface area contributed by atoms with Gasteiger partial charge in [0.05, 0.1) is 13.3 Å². The second kappa shape index (κ2) is 12.4. The zero-order valence-corrected chi connectivity index (χ0v) is 21.8. The number of methoxy groups -OCH3 is 1. The molecule has 0 fully saturated rings. The second-order valence-corrected chi connectivity index (χ2v) is 14.2. The van der Waals surface area contributed by atoms with Crippen LogP contribution in [0.5, 0.6) is 0 Å². The van der Waals surface area contributed by atoms with E-state index in [0.717, 1.165) is 18.4 Å². The number of oxime groups is 1. The van der Waals surface area contributed by atoms with Crippen molar-refractivity contribution in [1.82, 2.24) is 0 Å². The number of esters is 1. The van der Waals surface area contributed by atoms with Crippen LogP contribution in [-0.2, 0) is 18.8 Å². The van der Waals surface area contributed by atoms with Crippen LogP contribution in [0.1, 0.15) is 45.6 Å². The summed E-state index contributed by atoms with van der Waals surface area (Å²) in [6, 6.07) is 18.5. The molecule has 0 bridgehead atoms. The van der Waals surface area contributed by atoms with Crippen molar-refractivity contribution in [3.8, 4) is 11.1 Å². The molecule has 0 aliphatic rings. The van der Waals surface area contributed by atoms with E-state index in [0.29, 0.717) is 18.8 Å². The number of hydrogen-bond acceptors (Lipinski definition) is 5. The molecule has 0 N–H and O–H groups in total. The third kappa shape index (κ3) is 8.54. The van der Waals surface area contributed by atoms with Crippen LogP contribution >= 0.6 is 0 Å². The van der Waals surface area contributed by atoms with E-state index in [2.05, 4.69) is 63.3 Å². The number of ether oxygens (including phenoxy) is 1. The second-order valence-electron chi connectivity index (χ2n) is 9.47. The molecule has 6 heteroatoms. The Labute approximate surface area is 199 Å². The highest BCUT2D eigenvalue weighted by Gasteiger charge is 2.40. The normalized spacial score (nSPS) is 12.6. The predicted molar refractivity (Wildman–Crippen MR) is 138 cm³/mol. The van der Waals surface area contributed by atoms with Crippen molar-refractivity contribution in [2.75, 3.05) is 13.7 Å². The van der Waals surface area contributed by atoms with Crippen LogP contribution < -0.4 is 0 Å². The van der Waals surface area contributed by atoms with Gasteiger partial charge in [-0.2, -0.15) is 0 Å². The number of nitrogens with zero attached hydrogens (tertiary/aromatic N) is 1. The molecule has 0 amide bonds. The predicted octanol–water partition coefficient (Wildman–Crippen LogP) is 6.95. The molecule has 2 rings (SSSR count). The zero-order chi connectivity index (χ0) is 24.3. The molecule has 0 aliphatic carbocycles. The van der Waals surface area contributed by atoms with Gasteiger partial charge in [-0.05, 0) is 60.2 Å². The maximum atomic E-state index is 12.1. The molecule has 2 aromatic rings. The van der Waals surface area contributed by atoms with Crippen molar-refractivity contribution in [3.63, 3.8) is 0 Å². The molecule has 5 nitrogen and oxygen atoms in total. The average molecular weight is 468 g/mol. The fourth-order valence-electron chi connectivity index (χ4n) is 2.78. The number of carbonyl (C=O) groups excluding carboxylic acids is 1. The summed E-state index contributed by atoms with van der Waals surface area (Å²) in [7, 11) is -0.720. The Kier molecular flexibility index (Phi) is 9.91. The molecular formula is C27H37NO4Si. The van der Waals surface area contributed by atoms with Gasteiger partial charge in [0.15, 0.2) is 5.76 Å². The summed E-state index contributed by atoms with van der Waals surface area (Å²) < 4.78 is 11.1. The summed E-state index contributed by atoms with van der Waals surface area (Å²) in [6.07, 6.45) is 5.96. The van der Waals surface area contributed by atoms with Gasteiger partial charge < -0.3 is 14.0 Å². The fraction of sp³-hybridized carbons (Fsp3) is 0.407. The number of carbonyl (C=O) groups is 1. The Morgan fingerprint density at radius 3 is 2.21 bits per heavy atom. The van der Waals surface area contributed by atoms with Gasteiger partial charge in [0.1, 0.15) is 6.61 Å². The van der Waals surface area contributed by atoms with Gasteiger partial charge in [-0.1, -0.05) is 80.5 Å². The van der Waals surface area contributed by atoms with Gasteiger partial charge in [-0.15, -0.1) is 0 Å². The van der Waals surface area contributed by atoms with Crippen LogP contribution in [0.15, 0.2) is 71.6 Å². The summed E-state index contributed by atoms with van der Waals surface area (Å²) in [4.78, 5) is 17.5. The minimum Gasteiger partial charge on any atom is -0.539 e. The van der Waals surface area contributed by atoms with Crippen LogP contribution in [0.25, 0.3) is 11.1 Å². The molecule has 0 atom stereocenters. The summed E-state index contributed by atoms with van der Waals surface area (Å²) in [6.45, 7) is 11.2. The topological polar surface area (TPSA) is 57.1 Å². The molecule has 0 aromatic heterocycles. The van der Waals surface area contributed by atoms with Crippen LogP contribution in [0.4, 0.5) is 0 Å². The highest BCUT2D eigenvalue weighted by molar-refractivity contribution is 6.74. The quantitative estimate of drug-likeness (QED) is 0.0682. The van der Waals surface area contributed by atoms with Gasteiger partial charge in [0.2, 0.25) is 0 Å². The smallest absolute Gasteiger partial charge is 0.371 e. The van der Waals surface area contributed by atoms with Crippen LogP contribution in [0.3, 0.4) is 0 Å². The van der Waals surface area contributed by atoms with Gasteiger partial charge in [0, 0.05) is 0 Å². The van der Waals surface area contributed by atoms with E-state index in [1.165, 1.54) is 18.2 Å². The number of hydrogen-bond donors (Lipinski definition) is 0. The third-order valence-electron chi connectivity index (χ3n) is 5.87.